The topological polar surface area (TPSA) is 218 Å². The lowest BCUT2D eigenvalue weighted by molar-refractivity contribution is 0.171. The zero-order valence-corrected chi connectivity index (χ0v) is 33.1. The molecule has 0 atom stereocenters. The molecule has 2 aromatic heterocycles. The molecular formula is C40H37F4N5O10S. The number of nitrogens with zero attached hydrogens (tertiary/aromatic N) is 2. The van der Waals surface area contributed by atoms with E-state index in [2.05, 4.69) is 0 Å². The van der Waals surface area contributed by atoms with Crippen molar-refractivity contribution in [3.05, 3.63) is 139 Å². The summed E-state index contributed by atoms with van der Waals surface area (Å²) in [7, 11) is 1.79. The SMILES string of the molecule is CN(C)C(=O)Oc1ccc2c(CF)c(Cc3cccc(N)c3F)c(=O)oc2c1.CN(C)C(=O)Oc1ccc2c(CF)c(Cc3cccc(NS(N)(=O)=O)c3F)c(=O)oc2c1. The number of amides is 2. The molecule has 0 aliphatic rings. The molecule has 0 aliphatic carbocycles. The molecule has 6 aromatic rings. The van der Waals surface area contributed by atoms with E-state index in [9.17, 15) is 45.2 Å². The maximum Gasteiger partial charge on any atom is 0.414 e. The van der Waals surface area contributed by atoms with Crippen LogP contribution in [-0.4, -0.2) is 58.6 Å². The lowest BCUT2D eigenvalue weighted by Crippen LogP contribution is -2.25. The van der Waals surface area contributed by atoms with Crippen LogP contribution in [0.25, 0.3) is 21.9 Å². The van der Waals surface area contributed by atoms with Crippen LogP contribution >= 0.6 is 0 Å². The van der Waals surface area contributed by atoms with Crippen molar-refractivity contribution >= 4 is 55.7 Å². The molecule has 60 heavy (non-hydrogen) atoms. The van der Waals surface area contributed by atoms with Gasteiger partial charge < -0.3 is 33.8 Å². The van der Waals surface area contributed by atoms with Gasteiger partial charge in [-0.3, -0.25) is 4.72 Å². The Morgan fingerprint density at radius 2 is 1.12 bits per heavy atom. The van der Waals surface area contributed by atoms with Crippen LogP contribution in [-0.2, 0) is 36.4 Å². The van der Waals surface area contributed by atoms with E-state index in [-0.39, 0.29) is 80.0 Å². The number of nitrogens with one attached hydrogen (secondary N) is 1. The Kier molecular flexibility index (Phi) is 13.5. The van der Waals surface area contributed by atoms with Gasteiger partial charge in [0.25, 0.3) is 10.2 Å². The fourth-order valence-corrected chi connectivity index (χ4v) is 6.27. The molecule has 0 saturated carbocycles. The van der Waals surface area contributed by atoms with Crippen LogP contribution in [0.5, 0.6) is 11.5 Å². The second-order valence-electron chi connectivity index (χ2n) is 13.4. The fraction of sp³-hybridized carbons (Fsp3) is 0.200. The van der Waals surface area contributed by atoms with Crippen molar-refractivity contribution in [2.75, 3.05) is 38.6 Å². The molecule has 6 rings (SSSR count). The number of nitrogen functional groups attached to an aromatic ring is 1. The quantitative estimate of drug-likeness (QED) is 0.0789. The van der Waals surface area contributed by atoms with Crippen molar-refractivity contribution in [3.8, 4) is 11.5 Å². The fourth-order valence-electron chi connectivity index (χ4n) is 5.81. The maximum atomic E-state index is 14.7. The molecule has 15 nitrogen and oxygen atoms in total. The van der Waals surface area contributed by atoms with Crippen LogP contribution in [0, 0.1) is 11.6 Å². The smallest absolute Gasteiger partial charge is 0.414 e. The molecular weight excluding hydrogens is 819 g/mol. The minimum Gasteiger partial charge on any atom is -0.422 e. The van der Waals surface area contributed by atoms with E-state index >= 15 is 0 Å². The molecule has 0 spiro atoms. The third-order valence-electron chi connectivity index (χ3n) is 8.76. The van der Waals surface area contributed by atoms with Gasteiger partial charge in [0.2, 0.25) is 0 Å². The highest BCUT2D eigenvalue weighted by atomic mass is 32.2. The van der Waals surface area contributed by atoms with Crippen LogP contribution in [0.15, 0.2) is 91.2 Å². The molecule has 316 valence electrons. The van der Waals surface area contributed by atoms with Crippen molar-refractivity contribution in [3.63, 3.8) is 0 Å². The number of anilines is 2. The predicted octanol–water partition coefficient (Wildman–Crippen LogP) is 6.30. The van der Waals surface area contributed by atoms with Crippen LogP contribution < -0.4 is 36.3 Å². The molecule has 2 amide bonds. The number of alkyl halides is 2. The summed E-state index contributed by atoms with van der Waals surface area (Å²) >= 11 is 0. The van der Waals surface area contributed by atoms with Gasteiger partial charge >= 0.3 is 23.4 Å². The van der Waals surface area contributed by atoms with Crippen molar-refractivity contribution < 1.29 is 53.9 Å². The Labute approximate surface area is 338 Å². The highest BCUT2D eigenvalue weighted by molar-refractivity contribution is 7.90. The first-order valence-electron chi connectivity index (χ1n) is 17.5. The number of rotatable bonds is 10. The van der Waals surface area contributed by atoms with E-state index in [1.807, 2.05) is 4.72 Å². The molecule has 0 unspecified atom stereocenters. The summed E-state index contributed by atoms with van der Waals surface area (Å²) in [5, 5.41) is 5.46. The molecule has 0 radical (unpaired) electrons. The molecule has 0 saturated heterocycles. The Morgan fingerprint density at radius 3 is 1.53 bits per heavy atom. The van der Waals surface area contributed by atoms with Crippen LogP contribution in [0.2, 0.25) is 0 Å². The normalized spacial score (nSPS) is 11.2. The van der Waals surface area contributed by atoms with Crippen LogP contribution in [0.4, 0.5) is 38.5 Å². The van der Waals surface area contributed by atoms with Gasteiger partial charge in [0.15, 0.2) is 5.82 Å². The standard InChI is InChI=1S/C20H19F2N3O6S.C20H18F2N2O4/c1-25(2)20(27)30-12-6-7-13-15(10-21)14(19(26)31-17(13)9-12)8-11-4-3-5-16(18(11)22)24-32(23,28)29;1-24(2)20(26)27-12-6-7-13-15(10-21)14(19(25)28-17(13)9-12)8-11-4-3-5-16(23)18(11)22/h3-7,9,24H,8,10H2,1-2H3,(H2,23,28,29);3-7,9H,8,10,23H2,1-2H3. The van der Waals surface area contributed by atoms with E-state index in [1.54, 1.807) is 6.07 Å². The van der Waals surface area contributed by atoms with E-state index in [0.717, 1.165) is 6.07 Å². The minimum atomic E-state index is -4.23. The van der Waals surface area contributed by atoms with Gasteiger partial charge in [0.1, 0.15) is 41.8 Å². The third kappa shape index (κ3) is 10.2. The number of hydrogen-bond acceptors (Lipinski definition) is 11. The molecule has 0 aliphatic heterocycles. The number of halogens is 4. The number of carbonyl (C=O) groups excluding carboxylic acids is 2. The summed E-state index contributed by atoms with van der Waals surface area (Å²) in [4.78, 5) is 50.8. The lowest BCUT2D eigenvalue weighted by Gasteiger charge is -2.13. The van der Waals surface area contributed by atoms with E-state index in [0.29, 0.717) is 5.39 Å². The zero-order chi connectivity index (χ0) is 44.1. The maximum absolute atomic E-state index is 14.7. The highest BCUT2D eigenvalue weighted by Crippen LogP contribution is 2.30. The second kappa shape index (κ2) is 18.3. The van der Waals surface area contributed by atoms with E-state index in [4.69, 9.17) is 29.2 Å². The van der Waals surface area contributed by atoms with Gasteiger partial charge in [0.05, 0.1) is 11.4 Å². The minimum absolute atomic E-state index is 0.0116. The molecule has 2 heterocycles. The summed E-state index contributed by atoms with van der Waals surface area (Å²) in [5.41, 5.74) is 3.48. The average molecular weight is 856 g/mol. The Balaban J connectivity index is 0.000000230. The van der Waals surface area contributed by atoms with Crippen LogP contribution in [0.1, 0.15) is 33.4 Å². The number of fused-ring (bicyclic) bond motifs is 2. The average Bonchev–Trinajstić information content (AvgIpc) is 3.18. The number of benzene rings is 4. The summed E-state index contributed by atoms with van der Waals surface area (Å²) < 4.78 is 102. The van der Waals surface area contributed by atoms with Gasteiger partial charge in [-0.25, -0.2) is 41.9 Å². The van der Waals surface area contributed by atoms with Gasteiger partial charge in [-0.15, -0.1) is 0 Å². The van der Waals surface area contributed by atoms with Gasteiger partial charge in [-0.05, 0) is 47.5 Å². The van der Waals surface area contributed by atoms with Crippen LogP contribution in [0.3, 0.4) is 0 Å². The predicted molar refractivity (Wildman–Crippen MR) is 214 cm³/mol. The van der Waals surface area contributed by atoms with Gasteiger partial charge in [-0.1, -0.05) is 24.3 Å². The molecule has 4 aromatic carbocycles. The Morgan fingerprint density at radius 1 is 0.683 bits per heavy atom. The number of ether oxygens (including phenoxy) is 2. The Hall–Kier alpha value is -6.93. The summed E-state index contributed by atoms with van der Waals surface area (Å²) in [6.45, 7) is -2.00. The highest BCUT2D eigenvalue weighted by Gasteiger charge is 2.21. The van der Waals surface area contributed by atoms with E-state index < -0.39 is 64.3 Å². The van der Waals surface area contributed by atoms with Gasteiger partial charge in [0, 0.05) is 86.2 Å². The first-order chi connectivity index (χ1) is 28.3. The zero-order valence-electron chi connectivity index (χ0n) is 32.3. The molecule has 20 heteroatoms. The number of carbonyl (C=O) groups is 2. The summed E-state index contributed by atoms with van der Waals surface area (Å²) in [6, 6.07) is 16.6. The third-order valence-corrected chi connectivity index (χ3v) is 9.27. The Bertz CT molecular complexity index is 2850. The van der Waals surface area contributed by atoms with Crippen molar-refractivity contribution in [1.29, 1.82) is 0 Å². The molecule has 0 fully saturated rings. The molecule has 5 N–H and O–H groups in total. The van der Waals surface area contributed by atoms with E-state index in [1.165, 1.54) is 98.7 Å². The lowest BCUT2D eigenvalue weighted by atomic mass is 9.98. The monoisotopic (exact) mass is 855 g/mol. The number of nitrogens with two attached hydrogens (primary N) is 2. The van der Waals surface area contributed by atoms with Gasteiger partial charge in [-0.2, -0.15) is 8.42 Å². The van der Waals surface area contributed by atoms with Crippen molar-refractivity contribution in [2.24, 2.45) is 5.14 Å². The first-order valence-corrected chi connectivity index (χ1v) is 19.0. The second-order valence-corrected chi connectivity index (χ2v) is 14.7. The summed E-state index contributed by atoms with van der Waals surface area (Å²) in [5.74, 6) is -1.38. The summed E-state index contributed by atoms with van der Waals surface area (Å²) in [6.07, 6.45) is -1.79. The first kappa shape index (κ1) is 44.2. The van der Waals surface area contributed by atoms with Crippen molar-refractivity contribution in [1.82, 2.24) is 9.80 Å². The largest absolute Gasteiger partial charge is 0.422 e. The van der Waals surface area contributed by atoms with Crippen molar-refractivity contribution in [2.45, 2.75) is 26.2 Å². The number of hydrogen-bond donors (Lipinski definition) is 3. The molecule has 0 bridgehead atoms.